The van der Waals surface area contributed by atoms with Gasteiger partial charge < -0.3 is 15.1 Å². The zero-order chi connectivity index (χ0) is 17.5. The van der Waals surface area contributed by atoms with Crippen LogP contribution in [0.25, 0.3) is 0 Å². The Hall–Kier alpha value is -2.08. The molecule has 2 rings (SSSR count). The molecule has 1 aliphatic heterocycles. The number of rotatable bonds is 6. The van der Waals surface area contributed by atoms with Crippen molar-refractivity contribution in [1.29, 1.82) is 0 Å². The molecule has 6 nitrogen and oxygen atoms in total. The van der Waals surface area contributed by atoms with Gasteiger partial charge >= 0.3 is 0 Å². The maximum absolute atomic E-state index is 12.1. The molecule has 1 aromatic carbocycles. The first kappa shape index (κ1) is 18.3. The van der Waals surface area contributed by atoms with Crippen molar-refractivity contribution < 1.29 is 14.4 Å². The Balaban J connectivity index is 1.78. The second-order valence-corrected chi connectivity index (χ2v) is 6.14. The van der Waals surface area contributed by atoms with Crippen LogP contribution in [-0.2, 0) is 14.4 Å². The van der Waals surface area contributed by atoms with Crippen molar-refractivity contribution in [2.24, 2.45) is 0 Å². The van der Waals surface area contributed by atoms with Crippen LogP contribution in [0, 0.1) is 0 Å². The van der Waals surface area contributed by atoms with Gasteiger partial charge in [0, 0.05) is 43.3 Å². The number of carbonyl (C=O) groups excluding carboxylic acids is 3. The smallest absolute Gasteiger partial charge is 0.287 e. The Labute approximate surface area is 146 Å². The molecule has 1 aliphatic rings. The van der Waals surface area contributed by atoms with Gasteiger partial charge in [0.25, 0.3) is 5.91 Å². The van der Waals surface area contributed by atoms with Gasteiger partial charge in [-0.25, -0.2) is 0 Å². The summed E-state index contributed by atoms with van der Waals surface area (Å²) < 4.78 is 0. The molecule has 0 aromatic heterocycles. The number of halogens is 1. The molecular weight excluding hydrogens is 330 g/mol. The molecule has 24 heavy (non-hydrogen) atoms. The molecule has 1 heterocycles. The number of carbonyl (C=O) groups is 3. The third kappa shape index (κ3) is 4.96. The molecule has 7 heteroatoms. The van der Waals surface area contributed by atoms with Crippen LogP contribution in [-0.4, -0.2) is 55.2 Å². The minimum Gasteiger partial charge on any atom is -0.368 e. The first-order valence-corrected chi connectivity index (χ1v) is 8.48. The predicted molar refractivity (Wildman–Crippen MR) is 93.2 cm³/mol. The lowest BCUT2D eigenvalue weighted by atomic mass is 10.2. The van der Waals surface area contributed by atoms with Crippen molar-refractivity contribution in [2.45, 2.75) is 19.8 Å². The highest BCUT2D eigenvalue weighted by Gasteiger charge is 2.22. The lowest BCUT2D eigenvalue weighted by molar-refractivity contribution is -0.139. The van der Waals surface area contributed by atoms with Crippen LogP contribution in [0.1, 0.15) is 19.8 Å². The lowest BCUT2D eigenvalue weighted by Crippen LogP contribution is -2.51. The summed E-state index contributed by atoms with van der Waals surface area (Å²) in [5, 5.41) is 3.09. The van der Waals surface area contributed by atoms with Crippen LogP contribution >= 0.6 is 11.6 Å². The predicted octanol–water partition coefficient (Wildman–Crippen LogP) is 1.47. The fourth-order valence-corrected chi connectivity index (χ4v) is 2.78. The monoisotopic (exact) mass is 351 g/mol. The van der Waals surface area contributed by atoms with Gasteiger partial charge in [0.15, 0.2) is 0 Å². The van der Waals surface area contributed by atoms with Crippen molar-refractivity contribution in [2.75, 3.05) is 37.6 Å². The van der Waals surface area contributed by atoms with Crippen LogP contribution in [0.2, 0.25) is 5.02 Å². The minimum absolute atomic E-state index is 0.133. The number of hydrogen-bond donors (Lipinski definition) is 1. The third-order valence-electron chi connectivity index (χ3n) is 3.94. The number of benzene rings is 1. The van der Waals surface area contributed by atoms with E-state index in [1.165, 1.54) is 0 Å². The van der Waals surface area contributed by atoms with Crippen molar-refractivity contribution >= 4 is 34.9 Å². The molecule has 2 amide bonds. The Morgan fingerprint density at radius 2 is 1.88 bits per heavy atom. The molecule has 0 aliphatic carbocycles. The van der Waals surface area contributed by atoms with Gasteiger partial charge in [-0.05, 0) is 24.6 Å². The molecule has 0 unspecified atom stereocenters. The molecule has 1 fully saturated rings. The average Bonchev–Trinajstić information content (AvgIpc) is 2.59. The maximum atomic E-state index is 12.1. The largest absolute Gasteiger partial charge is 0.368 e. The van der Waals surface area contributed by atoms with Crippen LogP contribution < -0.4 is 10.2 Å². The van der Waals surface area contributed by atoms with E-state index in [0.29, 0.717) is 37.6 Å². The molecule has 0 radical (unpaired) electrons. The van der Waals surface area contributed by atoms with E-state index in [1.807, 2.05) is 31.2 Å². The summed E-state index contributed by atoms with van der Waals surface area (Å²) in [7, 11) is 0. The topological polar surface area (TPSA) is 69.7 Å². The lowest BCUT2D eigenvalue weighted by Gasteiger charge is -2.36. The SMILES string of the molecule is CCCC(=O)C(=O)NCC(=O)N1CCN(c2cccc(Cl)c2)CC1. The summed E-state index contributed by atoms with van der Waals surface area (Å²) in [4.78, 5) is 38.9. The normalized spacial score (nSPS) is 14.4. The molecule has 0 spiro atoms. The van der Waals surface area contributed by atoms with Gasteiger partial charge in [0.1, 0.15) is 0 Å². The Bertz CT molecular complexity index is 613. The van der Waals surface area contributed by atoms with Gasteiger partial charge in [0.2, 0.25) is 11.7 Å². The fourth-order valence-electron chi connectivity index (χ4n) is 2.59. The highest BCUT2D eigenvalue weighted by atomic mass is 35.5. The van der Waals surface area contributed by atoms with Crippen LogP contribution in [0.3, 0.4) is 0 Å². The van der Waals surface area contributed by atoms with E-state index in [0.717, 1.165) is 5.69 Å². The van der Waals surface area contributed by atoms with Crippen molar-refractivity contribution in [3.63, 3.8) is 0 Å². The van der Waals surface area contributed by atoms with Crippen molar-refractivity contribution in [3.05, 3.63) is 29.3 Å². The molecule has 0 atom stereocenters. The molecular formula is C17H22ClN3O3. The first-order chi connectivity index (χ1) is 11.5. The number of ketones is 1. The number of anilines is 1. The standard InChI is InChI=1S/C17H22ClN3O3/c1-2-4-15(22)17(24)19-12-16(23)21-9-7-20(8-10-21)14-6-3-5-13(18)11-14/h3,5-6,11H,2,4,7-10,12H2,1H3,(H,19,24). The highest BCUT2D eigenvalue weighted by molar-refractivity contribution is 6.36. The third-order valence-corrected chi connectivity index (χ3v) is 4.17. The number of nitrogens with one attached hydrogen (secondary N) is 1. The van der Waals surface area contributed by atoms with Crippen molar-refractivity contribution in [3.8, 4) is 0 Å². The van der Waals surface area contributed by atoms with Gasteiger partial charge in [-0.15, -0.1) is 0 Å². The van der Waals surface area contributed by atoms with E-state index in [2.05, 4.69) is 10.2 Å². The summed E-state index contributed by atoms with van der Waals surface area (Å²) in [5.41, 5.74) is 1.04. The Morgan fingerprint density at radius 3 is 2.50 bits per heavy atom. The second kappa shape index (κ2) is 8.68. The maximum Gasteiger partial charge on any atom is 0.287 e. The molecule has 0 saturated carbocycles. The van der Waals surface area contributed by atoms with E-state index >= 15 is 0 Å². The number of piperazine rings is 1. The van der Waals surface area contributed by atoms with E-state index in [9.17, 15) is 14.4 Å². The van der Waals surface area contributed by atoms with Crippen LogP contribution in [0.15, 0.2) is 24.3 Å². The van der Waals surface area contributed by atoms with Crippen LogP contribution in [0.4, 0.5) is 5.69 Å². The van der Waals surface area contributed by atoms with E-state index < -0.39 is 11.7 Å². The van der Waals surface area contributed by atoms with Gasteiger partial charge in [-0.3, -0.25) is 14.4 Å². The number of nitrogens with zero attached hydrogens (tertiary/aromatic N) is 2. The van der Waals surface area contributed by atoms with Crippen LogP contribution in [0.5, 0.6) is 0 Å². The average molecular weight is 352 g/mol. The number of amides is 2. The Kier molecular flexibility index (Phi) is 6.61. The summed E-state index contributed by atoms with van der Waals surface area (Å²) >= 11 is 6.00. The first-order valence-electron chi connectivity index (χ1n) is 8.10. The molecule has 0 bridgehead atoms. The minimum atomic E-state index is -0.678. The second-order valence-electron chi connectivity index (χ2n) is 5.70. The fraction of sp³-hybridized carbons (Fsp3) is 0.471. The summed E-state index contributed by atoms with van der Waals surface area (Å²) in [6.07, 6.45) is 0.823. The Morgan fingerprint density at radius 1 is 1.17 bits per heavy atom. The van der Waals surface area contributed by atoms with Gasteiger partial charge in [0.05, 0.1) is 6.54 Å². The summed E-state index contributed by atoms with van der Waals surface area (Å²) in [6, 6.07) is 7.62. The van der Waals surface area contributed by atoms with Crippen molar-refractivity contribution in [1.82, 2.24) is 10.2 Å². The van der Waals surface area contributed by atoms with Gasteiger partial charge in [-0.2, -0.15) is 0 Å². The molecule has 1 saturated heterocycles. The number of hydrogen-bond acceptors (Lipinski definition) is 4. The molecule has 1 N–H and O–H groups in total. The quantitative estimate of drug-likeness (QED) is 0.788. The van der Waals surface area contributed by atoms with Gasteiger partial charge in [-0.1, -0.05) is 24.6 Å². The summed E-state index contributed by atoms with van der Waals surface area (Å²) in [5.74, 6) is -1.32. The molecule has 1 aromatic rings. The van der Waals surface area contributed by atoms with E-state index in [1.54, 1.807) is 4.90 Å². The zero-order valence-electron chi connectivity index (χ0n) is 13.8. The zero-order valence-corrected chi connectivity index (χ0v) is 14.5. The van der Waals surface area contributed by atoms with E-state index in [4.69, 9.17) is 11.6 Å². The van der Waals surface area contributed by atoms with E-state index in [-0.39, 0.29) is 18.9 Å². The molecule has 130 valence electrons. The number of Topliss-reactive ketones (excluding diaryl/α,β-unsaturated/α-hetero) is 1. The summed E-state index contributed by atoms with van der Waals surface area (Å²) in [6.45, 7) is 4.25. The highest BCUT2D eigenvalue weighted by Crippen LogP contribution is 2.20.